The average Bonchev–Trinajstić information content (AvgIpc) is 3.01. The molecule has 184 valence electrons. The van der Waals surface area contributed by atoms with Crippen LogP contribution in [-0.4, -0.2) is 45.8 Å². The van der Waals surface area contributed by atoms with Crippen LogP contribution in [0.15, 0.2) is 36.4 Å². The Bertz CT molecular complexity index is 1010. The van der Waals surface area contributed by atoms with Gasteiger partial charge in [-0.3, -0.25) is 4.79 Å². The Hall–Kier alpha value is -3.26. The molecule has 1 aliphatic rings. The number of para-hydroxylation sites is 2. The molecule has 1 unspecified atom stereocenters. The van der Waals surface area contributed by atoms with Gasteiger partial charge in [0, 0.05) is 12.6 Å². The minimum atomic E-state index is -0.744. The number of hydrogen-bond donors (Lipinski definition) is 0. The van der Waals surface area contributed by atoms with Crippen LogP contribution in [0.25, 0.3) is 0 Å². The van der Waals surface area contributed by atoms with Crippen LogP contribution >= 0.6 is 0 Å². The van der Waals surface area contributed by atoms with Gasteiger partial charge >= 0.3 is 12.1 Å². The topological polar surface area (TPSA) is 77.5 Å². The van der Waals surface area contributed by atoms with Crippen molar-refractivity contribution in [2.24, 2.45) is 0 Å². The molecule has 0 amide bonds. The number of rotatable bonds is 8. The Kier molecular flexibility index (Phi) is 8.76. The van der Waals surface area contributed by atoms with E-state index in [2.05, 4.69) is 39.7 Å². The van der Waals surface area contributed by atoms with Gasteiger partial charge < -0.3 is 28.7 Å². The minimum Gasteiger partial charge on any atom is -0.469 e. The number of fused-ring (bicyclic) bond motifs is 1. The van der Waals surface area contributed by atoms with Gasteiger partial charge in [-0.2, -0.15) is 0 Å². The lowest BCUT2D eigenvalue weighted by Gasteiger charge is -2.32. The number of carbonyl (C=O) groups excluding carboxylic acids is 2. The van der Waals surface area contributed by atoms with Crippen LogP contribution < -0.4 is 14.5 Å². The molecular formula is C26H34N2O6. The summed E-state index contributed by atoms with van der Waals surface area (Å²) in [5, 5.41) is 0. The SMILES string of the molecule is CCCC(CC(=O)OC)N1COCN(Cc2cc(C)cc(OC(=O)OC)c2C)c2ccccc21. The molecule has 1 aliphatic heterocycles. The van der Waals surface area contributed by atoms with Gasteiger partial charge in [0.05, 0.1) is 32.0 Å². The number of ether oxygens (including phenoxy) is 4. The van der Waals surface area contributed by atoms with Crippen LogP contribution in [0, 0.1) is 13.8 Å². The first kappa shape index (κ1) is 25.4. The second kappa shape index (κ2) is 11.7. The monoisotopic (exact) mass is 470 g/mol. The Morgan fingerprint density at radius 1 is 1.06 bits per heavy atom. The first-order chi connectivity index (χ1) is 16.4. The molecule has 0 saturated carbocycles. The van der Waals surface area contributed by atoms with Crippen molar-refractivity contribution in [1.82, 2.24) is 0 Å². The van der Waals surface area contributed by atoms with Crippen molar-refractivity contribution in [3.05, 3.63) is 53.1 Å². The molecule has 0 radical (unpaired) electrons. The third-order valence-corrected chi connectivity index (χ3v) is 6.04. The van der Waals surface area contributed by atoms with Crippen molar-refractivity contribution in [2.45, 2.75) is 52.6 Å². The Labute approximate surface area is 201 Å². The lowest BCUT2D eigenvalue weighted by Crippen LogP contribution is -2.38. The number of carbonyl (C=O) groups is 2. The molecule has 2 aromatic rings. The molecule has 1 heterocycles. The molecule has 0 fully saturated rings. The predicted molar refractivity (Wildman–Crippen MR) is 130 cm³/mol. The Balaban J connectivity index is 1.94. The second-order valence-electron chi connectivity index (χ2n) is 8.44. The number of nitrogens with zero attached hydrogens (tertiary/aromatic N) is 2. The maximum atomic E-state index is 12.1. The van der Waals surface area contributed by atoms with Crippen LogP contribution in [0.4, 0.5) is 16.2 Å². The highest BCUT2D eigenvalue weighted by atomic mass is 16.7. The number of hydrogen-bond acceptors (Lipinski definition) is 8. The van der Waals surface area contributed by atoms with Crippen LogP contribution in [-0.2, 0) is 25.5 Å². The van der Waals surface area contributed by atoms with Crippen molar-refractivity contribution in [3.8, 4) is 5.75 Å². The number of methoxy groups -OCH3 is 2. The van der Waals surface area contributed by atoms with Gasteiger partial charge in [0.25, 0.3) is 0 Å². The number of aryl methyl sites for hydroxylation is 1. The summed E-state index contributed by atoms with van der Waals surface area (Å²) >= 11 is 0. The zero-order chi connectivity index (χ0) is 24.7. The molecule has 8 heteroatoms. The van der Waals surface area contributed by atoms with E-state index in [9.17, 15) is 9.59 Å². The van der Waals surface area contributed by atoms with Crippen molar-refractivity contribution >= 4 is 23.5 Å². The number of esters is 1. The third kappa shape index (κ3) is 5.99. The summed E-state index contributed by atoms with van der Waals surface area (Å²) in [5.41, 5.74) is 4.89. The molecule has 0 spiro atoms. The molecule has 0 bridgehead atoms. The molecular weight excluding hydrogens is 436 g/mol. The van der Waals surface area contributed by atoms with Crippen LogP contribution in [0.5, 0.6) is 5.75 Å². The van der Waals surface area contributed by atoms with E-state index in [1.54, 1.807) is 0 Å². The summed E-state index contributed by atoms with van der Waals surface area (Å²) in [6.45, 7) is 7.31. The largest absolute Gasteiger partial charge is 0.513 e. The fraction of sp³-hybridized carbons (Fsp3) is 0.462. The molecule has 1 atom stereocenters. The normalized spacial score (nSPS) is 14.1. The van der Waals surface area contributed by atoms with Gasteiger partial charge in [0.1, 0.15) is 19.2 Å². The van der Waals surface area contributed by atoms with Gasteiger partial charge in [0.2, 0.25) is 0 Å². The lowest BCUT2D eigenvalue weighted by atomic mass is 10.0. The smallest absolute Gasteiger partial charge is 0.469 e. The van der Waals surface area contributed by atoms with Crippen molar-refractivity contribution in [1.29, 1.82) is 0 Å². The van der Waals surface area contributed by atoms with E-state index in [1.165, 1.54) is 14.2 Å². The Morgan fingerprint density at radius 2 is 1.79 bits per heavy atom. The van der Waals surface area contributed by atoms with E-state index in [0.29, 0.717) is 32.2 Å². The zero-order valence-electron chi connectivity index (χ0n) is 20.6. The summed E-state index contributed by atoms with van der Waals surface area (Å²) in [5.74, 6) is 0.249. The molecule has 0 aromatic heterocycles. The maximum absolute atomic E-state index is 12.1. The van der Waals surface area contributed by atoms with E-state index in [4.69, 9.17) is 14.2 Å². The summed E-state index contributed by atoms with van der Waals surface area (Å²) in [7, 11) is 2.71. The third-order valence-electron chi connectivity index (χ3n) is 6.04. The van der Waals surface area contributed by atoms with Gasteiger partial charge in [-0.1, -0.05) is 31.5 Å². The maximum Gasteiger partial charge on any atom is 0.513 e. The van der Waals surface area contributed by atoms with Gasteiger partial charge in [-0.05, 0) is 55.2 Å². The standard InChI is InChI=1S/C26H34N2O6/c1-6-9-21(14-25(29)31-4)28-17-33-16-27(22-10-7-8-11-23(22)28)15-20-12-18(2)13-24(19(20)3)34-26(30)32-5/h7-8,10-13,21H,6,9,14-17H2,1-5H3. The molecule has 0 saturated heterocycles. The predicted octanol–water partition coefficient (Wildman–Crippen LogP) is 4.94. The highest BCUT2D eigenvalue weighted by Gasteiger charge is 2.28. The van der Waals surface area contributed by atoms with E-state index in [1.807, 2.05) is 32.0 Å². The van der Waals surface area contributed by atoms with E-state index in [0.717, 1.165) is 40.9 Å². The fourth-order valence-corrected chi connectivity index (χ4v) is 4.28. The van der Waals surface area contributed by atoms with Gasteiger partial charge in [-0.15, -0.1) is 0 Å². The molecule has 0 aliphatic carbocycles. The molecule has 3 rings (SSSR count). The summed E-state index contributed by atoms with van der Waals surface area (Å²) in [4.78, 5) is 28.1. The van der Waals surface area contributed by atoms with Gasteiger partial charge in [0.15, 0.2) is 0 Å². The molecule has 34 heavy (non-hydrogen) atoms. The quantitative estimate of drug-likeness (QED) is 0.397. The summed E-state index contributed by atoms with van der Waals surface area (Å²) in [6.07, 6.45) is 1.34. The van der Waals surface area contributed by atoms with Crippen LogP contribution in [0.2, 0.25) is 0 Å². The summed E-state index contributed by atoms with van der Waals surface area (Å²) < 4.78 is 21.1. The highest BCUT2D eigenvalue weighted by Crippen LogP contribution is 2.36. The van der Waals surface area contributed by atoms with Crippen LogP contribution in [0.1, 0.15) is 42.9 Å². The first-order valence-corrected chi connectivity index (χ1v) is 11.5. The number of anilines is 2. The Morgan fingerprint density at radius 3 is 2.47 bits per heavy atom. The van der Waals surface area contributed by atoms with Gasteiger partial charge in [-0.25, -0.2) is 4.79 Å². The van der Waals surface area contributed by atoms with E-state index < -0.39 is 6.16 Å². The van der Waals surface area contributed by atoms with Crippen molar-refractivity contribution in [2.75, 3.05) is 37.5 Å². The first-order valence-electron chi connectivity index (χ1n) is 11.5. The minimum absolute atomic E-state index is 0.0284. The van der Waals surface area contributed by atoms with Crippen molar-refractivity contribution < 1.29 is 28.5 Å². The van der Waals surface area contributed by atoms with E-state index in [-0.39, 0.29) is 12.0 Å². The molecule has 2 aromatic carbocycles. The second-order valence-corrected chi connectivity index (χ2v) is 8.44. The lowest BCUT2D eigenvalue weighted by molar-refractivity contribution is -0.141. The van der Waals surface area contributed by atoms with E-state index >= 15 is 0 Å². The van der Waals surface area contributed by atoms with Crippen molar-refractivity contribution in [3.63, 3.8) is 0 Å². The molecule has 0 N–H and O–H groups in total. The highest BCUT2D eigenvalue weighted by molar-refractivity contribution is 5.75. The average molecular weight is 471 g/mol. The molecule has 8 nitrogen and oxygen atoms in total. The fourth-order valence-electron chi connectivity index (χ4n) is 4.28. The number of benzene rings is 2. The zero-order valence-corrected chi connectivity index (χ0v) is 20.6. The summed E-state index contributed by atoms with van der Waals surface area (Å²) in [6, 6.07) is 12.0. The van der Waals surface area contributed by atoms with Crippen LogP contribution in [0.3, 0.4) is 0 Å².